The molecule has 0 spiro atoms. The third-order valence-corrected chi connectivity index (χ3v) is 6.12. The van der Waals surface area contributed by atoms with Crippen molar-refractivity contribution in [3.63, 3.8) is 0 Å². The molecule has 226 valence electrons. The fourth-order valence-electron chi connectivity index (χ4n) is 3.00. The third-order valence-electron chi connectivity index (χ3n) is 6.12. The Balaban J connectivity index is 0.000000274. The molecule has 4 rings (SSSR count). The zero-order valence-electron chi connectivity index (χ0n) is 27.7. The Bertz CT molecular complexity index is 1320. The van der Waals surface area contributed by atoms with E-state index in [4.69, 9.17) is 0 Å². The lowest BCUT2D eigenvalue weighted by Crippen LogP contribution is -2.17. The fraction of sp³-hybridized carbons (Fsp3) is 0.562. The minimum atomic E-state index is -0.294. The van der Waals surface area contributed by atoms with Gasteiger partial charge < -0.3 is 4.98 Å². The average Bonchev–Trinajstić information content (AvgIpc) is 3.52. The van der Waals surface area contributed by atoms with Crippen molar-refractivity contribution in [2.45, 2.75) is 112 Å². The van der Waals surface area contributed by atoms with E-state index in [2.05, 4.69) is 125 Å². The summed E-state index contributed by atoms with van der Waals surface area (Å²) in [6, 6.07) is 0. The van der Waals surface area contributed by atoms with E-state index in [1.165, 1.54) is 16.7 Å². The number of nitrogens with one attached hydrogen (secondary N) is 2. The van der Waals surface area contributed by atoms with Crippen molar-refractivity contribution in [3.05, 3.63) is 88.1 Å². The fourth-order valence-corrected chi connectivity index (χ4v) is 3.00. The molecule has 4 aromatic heterocycles. The molecule has 2 N–H and O–H groups in total. The van der Waals surface area contributed by atoms with E-state index in [1.54, 1.807) is 12.4 Å². The van der Waals surface area contributed by atoms with Gasteiger partial charge in [0.2, 0.25) is 0 Å². The molecule has 0 unspecified atom stereocenters. The number of H-pyrrole nitrogens is 2. The Morgan fingerprint density at radius 3 is 1.37 bits per heavy atom. The molecular weight excluding hydrogens is 512 g/mol. The number of hydrogen-bond donors (Lipinski definition) is 2. The first-order chi connectivity index (χ1) is 18.6. The highest BCUT2D eigenvalue weighted by atomic mass is 16.1. The van der Waals surface area contributed by atoms with E-state index >= 15 is 0 Å². The molecule has 0 amide bonds. The molecule has 0 atom stereocenters. The SMILES string of the molecule is CC(C)(C)c1cn[nH]c1.CC(C)(C)c1cnc(=O)[nH]c1.Cc1ncc(C(C)(C)C)cn1.Cn1cc(C(C)(C)C)cn1. The Labute approximate surface area is 246 Å². The molecule has 0 aliphatic rings. The van der Waals surface area contributed by atoms with Crippen LogP contribution in [-0.2, 0) is 28.7 Å². The Hall–Kier alpha value is -3.62. The highest BCUT2D eigenvalue weighted by molar-refractivity contribution is 5.16. The van der Waals surface area contributed by atoms with Crippen LogP contribution in [0.3, 0.4) is 0 Å². The van der Waals surface area contributed by atoms with Gasteiger partial charge in [-0.2, -0.15) is 10.2 Å². The van der Waals surface area contributed by atoms with Gasteiger partial charge in [-0.05, 0) is 50.8 Å². The van der Waals surface area contributed by atoms with E-state index < -0.39 is 0 Å². The normalized spacial score (nSPS) is 11.8. The summed E-state index contributed by atoms with van der Waals surface area (Å²) < 4.78 is 1.83. The van der Waals surface area contributed by atoms with Crippen LogP contribution in [0.25, 0.3) is 0 Å². The molecule has 0 aliphatic heterocycles. The minimum Gasteiger partial charge on any atom is -0.312 e. The molecule has 0 fully saturated rings. The van der Waals surface area contributed by atoms with E-state index in [1.807, 2.05) is 49.6 Å². The number of nitrogens with zero attached hydrogens (tertiary/aromatic N) is 6. The summed E-state index contributed by atoms with van der Waals surface area (Å²) in [5, 5.41) is 10.7. The lowest BCUT2D eigenvalue weighted by molar-refractivity contribution is 0.582. The van der Waals surface area contributed by atoms with Gasteiger partial charge >= 0.3 is 5.69 Å². The monoisotopic (exact) mass is 564 g/mol. The van der Waals surface area contributed by atoms with Crippen LogP contribution in [0.4, 0.5) is 0 Å². The zero-order chi connectivity index (χ0) is 31.6. The first-order valence-corrected chi connectivity index (χ1v) is 13.9. The van der Waals surface area contributed by atoms with Gasteiger partial charge in [0.1, 0.15) is 5.82 Å². The first-order valence-electron chi connectivity index (χ1n) is 13.9. The topological polar surface area (TPSA) is 118 Å². The summed E-state index contributed by atoms with van der Waals surface area (Å²) >= 11 is 0. The predicted molar refractivity (Wildman–Crippen MR) is 168 cm³/mol. The van der Waals surface area contributed by atoms with Crippen LogP contribution in [0.15, 0.2) is 54.4 Å². The lowest BCUT2D eigenvalue weighted by Gasteiger charge is -2.17. The van der Waals surface area contributed by atoms with Crippen molar-refractivity contribution in [3.8, 4) is 0 Å². The molecule has 4 heterocycles. The summed E-state index contributed by atoms with van der Waals surface area (Å²) in [7, 11) is 1.94. The van der Waals surface area contributed by atoms with Gasteiger partial charge in [0.15, 0.2) is 0 Å². The number of rotatable bonds is 0. The Kier molecular flexibility index (Phi) is 12.4. The second-order valence-electron chi connectivity index (χ2n) is 14.2. The van der Waals surface area contributed by atoms with E-state index in [0.717, 1.165) is 11.4 Å². The third kappa shape index (κ3) is 13.5. The Morgan fingerprint density at radius 2 is 1.07 bits per heavy atom. The molecule has 0 saturated carbocycles. The largest absolute Gasteiger partial charge is 0.344 e. The zero-order valence-corrected chi connectivity index (χ0v) is 27.7. The second-order valence-corrected chi connectivity index (χ2v) is 14.2. The van der Waals surface area contributed by atoms with Crippen molar-refractivity contribution in [1.29, 1.82) is 0 Å². The van der Waals surface area contributed by atoms with Gasteiger partial charge in [-0.1, -0.05) is 83.1 Å². The van der Waals surface area contributed by atoms with Crippen LogP contribution in [0.2, 0.25) is 0 Å². The number of aromatic nitrogens is 8. The van der Waals surface area contributed by atoms with E-state index in [0.29, 0.717) is 0 Å². The van der Waals surface area contributed by atoms with Crippen LogP contribution in [-0.4, -0.2) is 39.9 Å². The second kappa shape index (κ2) is 14.3. The number of hydrogen-bond acceptors (Lipinski definition) is 6. The molecule has 0 bridgehead atoms. The van der Waals surface area contributed by atoms with Crippen LogP contribution >= 0.6 is 0 Å². The quantitative estimate of drug-likeness (QED) is 0.249. The molecule has 9 nitrogen and oxygen atoms in total. The summed E-state index contributed by atoms with van der Waals surface area (Å²) in [6.45, 7) is 27.6. The summed E-state index contributed by atoms with van der Waals surface area (Å²) in [6.07, 6.45) is 14.9. The maximum Gasteiger partial charge on any atom is 0.344 e. The van der Waals surface area contributed by atoms with Crippen molar-refractivity contribution < 1.29 is 0 Å². The molecule has 4 aromatic rings. The van der Waals surface area contributed by atoms with Crippen molar-refractivity contribution in [2.75, 3.05) is 0 Å². The molecule has 0 aliphatic carbocycles. The van der Waals surface area contributed by atoms with Gasteiger partial charge in [-0.3, -0.25) is 9.78 Å². The Morgan fingerprint density at radius 1 is 0.610 bits per heavy atom. The molecule has 0 radical (unpaired) electrons. The smallest absolute Gasteiger partial charge is 0.312 e. The van der Waals surface area contributed by atoms with Crippen LogP contribution in [0.5, 0.6) is 0 Å². The van der Waals surface area contributed by atoms with Gasteiger partial charge in [-0.25, -0.2) is 19.7 Å². The van der Waals surface area contributed by atoms with Crippen LogP contribution in [0.1, 0.15) is 111 Å². The maximum atomic E-state index is 10.6. The van der Waals surface area contributed by atoms with Crippen LogP contribution < -0.4 is 5.69 Å². The van der Waals surface area contributed by atoms with Gasteiger partial charge in [0.05, 0.1) is 12.4 Å². The maximum absolute atomic E-state index is 10.6. The molecule has 9 heteroatoms. The standard InChI is InChI=1S/C9H14N2.C8H12N2O.C8H14N2.C7H12N2/c1-7-10-5-8(6-11-7)9(2,3)4;1-8(2,3)6-4-9-7(11)10-5-6;1-8(2,3)7-5-9-10(4)6-7;1-7(2,3)6-4-8-9-5-6/h5-6H,1-4H3;4-5H,1-3H3,(H,9,10,11);5-6H,1-4H3;4-5H,1-3H3,(H,8,9). The lowest BCUT2D eigenvalue weighted by atomic mass is 9.89. The molecule has 41 heavy (non-hydrogen) atoms. The molecule has 0 saturated heterocycles. The average molecular weight is 565 g/mol. The van der Waals surface area contributed by atoms with Crippen molar-refractivity contribution in [2.24, 2.45) is 7.05 Å². The number of aromatic amines is 2. The van der Waals surface area contributed by atoms with Gasteiger partial charge in [-0.15, -0.1) is 0 Å². The highest BCUT2D eigenvalue weighted by Gasteiger charge is 2.15. The van der Waals surface area contributed by atoms with Gasteiger partial charge in [0, 0.05) is 44.2 Å². The minimum absolute atomic E-state index is 0.0528. The highest BCUT2D eigenvalue weighted by Crippen LogP contribution is 2.21. The predicted octanol–water partition coefficient (Wildman–Crippen LogP) is 6.57. The molecule has 0 aromatic carbocycles. The first kappa shape index (κ1) is 35.4. The van der Waals surface area contributed by atoms with Crippen LogP contribution in [0, 0.1) is 6.92 Å². The summed E-state index contributed by atoms with van der Waals surface area (Å²) in [4.78, 5) is 25.0. The van der Waals surface area contributed by atoms with E-state index in [9.17, 15) is 4.79 Å². The molecular formula is C32H52N8O. The summed E-state index contributed by atoms with van der Waals surface area (Å²) in [5.74, 6) is 0.831. The van der Waals surface area contributed by atoms with E-state index in [-0.39, 0.29) is 27.3 Å². The summed E-state index contributed by atoms with van der Waals surface area (Å²) in [5.41, 5.74) is 5.14. The van der Waals surface area contributed by atoms with Crippen molar-refractivity contribution >= 4 is 0 Å². The number of aryl methyl sites for hydroxylation is 2. The van der Waals surface area contributed by atoms with Crippen molar-refractivity contribution in [1.82, 2.24) is 39.9 Å². The van der Waals surface area contributed by atoms with Gasteiger partial charge in [0.25, 0.3) is 0 Å².